The maximum Gasteiger partial charge on any atom is 0.413 e. The maximum absolute atomic E-state index is 13.5. The first-order valence-corrected chi connectivity index (χ1v) is 8.54. The van der Waals surface area contributed by atoms with Gasteiger partial charge >= 0.3 is 6.09 Å². The number of hydrogen-bond acceptors (Lipinski definition) is 7. The van der Waals surface area contributed by atoms with E-state index in [4.69, 9.17) is 0 Å². The lowest BCUT2D eigenvalue weighted by molar-refractivity contribution is -0.113. The number of ether oxygens (including phenoxy) is 1. The number of aromatic nitrogens is 2. The molecule has 1 heterocycles. The molecule has 0 fully saturated rings. The summed E-state index contributed by atoms with van der Waals surface area (Å²) in [5.74, 6) is -5.31. The number of nitrogens with one attached hydrogen (secondary N) is 2. The predicted octanol–water partition coefficient (Wildman–Crippen LogP) is 3.25. The summed E-state index contributed by atoms with van der Waals surface area (Å²) in [6.45, 7) is 1.85. The maximum atomic E-state index is 13.5. The van der Waals surface area contributed by atoms with Gasteiger partial charge in [-0.3, -0.25) is 10.1 Å². The van der Waals surface area contributed by atoms with Crippen molar-refractivity contribution in [2.24, 2.45) is 0 Å². The summed E-state index contributed by atoms with van der Waals surface area (Å²) < 4.78 is 44.4. The van der Waals surface area contributed by atoms with E-state index in [1.165, 1.54) is 0 Å². The molecule has 7 nitrogen and oxygen atoms in total. The first kappa shape index (κ1) is 19.0. The van der Waals surface area contributed by atoms with E-state index in [1.807, 2.05) is 0 Å². The third-order valence-electron chi connectivity index (χ3n) is 2.53. The number of halogens is 3. The summed E-state index contributed by atoms with van der Waals surface area (Å²) in [5, 5.41) is 12.1. The molecule has 2 rings (SSSR count). The second-order valence-corrected chi connectivity index (χ2v) is 6.48. The van der Waals surface area contributed by atoms with Gasteiger partial charge in [-0.2, -0.15) is 0 Å². The quantitative estimate of drug-likeness (QED) is 0.445. The molecule has 0 spiro atoms. The van der Waals surface area contributed by atoms with Crippen LogP contribution in [0.1, 0.15) is 6.92 Å². The molecule has 0 radical (unpaired) electrons. The van der Waals surface area contributed by atoms with E-state index >= 15 is 0 Å². The normalized spacial score (nSPS) is 10.4. The molecule has 0 bridgehead atoms. The van der Waals surface area contributed by atoms with E-state index in [-0.39, 0.29) is 17.5 Å². The van der Waals surface area contributed by atoms with Crippen molar-refractivity contribution in [2.75, 3.05) is 23.0 Å². The van der Waals surface area contributed by atoms with Crippen LogP contribution in [0.15, 0.2) is 16.5 Å². The van der Waals surface area contributed by atoms with Crippen molar-refractivity contribution in [3.8, 4) is 0 Å². The lowest BCUT2D eigenvalue weighted by Gasteiger charge is -2.06. The fourth-order valence-electron chi connectivity index (χ4n) is 1.51. The molecule has 2 N–H and O–H groups in total. The average molecular weight is 392 g/mol. The molecule has 0 saturated heterocycles. The Morgan fingerprint density at radius 1 is 1.20 bits per heavy atom. The largest absolute Gasteiger partial charge is 0.450 e. The van der Waals surface area contributed by atoms with Crippen molar-refractivity contribution in [1.82, 2.24) is 10.2 Å². The number of hydrogen-bond donors (Lipinski definition) is 2. The number of carbonyl (C=O) groups excluding carboxylic acids is 2. The number of benzene rings is 1. The summed E-state index contributed by atoms with van der Waals surface area (Å²) in [5.41, 5.74) is -0.466. The molecule has 12 heteroatoms. The smallest absolute Gasteiger partial charge is 0.413 e. The second kappa shape index (κ2) is 8.67. The SMILES string of the molecule is CCOC(=O)Nc1nnc(SCC(=O)Nc2ccc(F)c(F)c2F)s1. The zero-order valence-corrected chi connectivity index (χ0v) is 14.3. The number of carbonyl (C=O) groups is 2. The Morgan fingerprint density at radius 2 is 1.96 bits per heavy atom. The Balaban J connectivity index is 1.87. The Hall–Kier alpha value is -2.34. The highest BCUT2D eigenvalue weighted by atomic mass is 32.2. The van der Waals surface area contributed by atoms with Crippen LogP contribution < -0.4 is 10.6 Å². The van der Waals surface area contributed by atoms with E-state index in [9.17, 15) is 22.8 Å². The number of anilines is 2. The van der Waals surface area contributed by atoms with E-state index in [0.29, 0.717) is 10.4 Å². The highest BCUT2D eigenvalue weighted by molar-refractivity contribution is 8.01. The molecule has 25 heavy (non-hydrogen) atoms. The molecule has 2 aromatic rings. The minimum Gasteiger partial charge on any atom is -0.450 e. The minimum atomic E-state index is -1.66. The summed E-state index contributed by atoms with van der Waals surface area (Å²) in [4.78, 5) is 23.0. The van der Waals surface area contributed by atoms with Crippen LogP contribution in [-0.4, -0.2) is 34.6 Å². The average Bonchev–Trinajstić information content (AvgIpc) is 3.01. The number of amides is 2. The Kier molecular flexibility index (Phi) is 6.58. The molecule has 2 amide bonds. The molecule has 0 atom stereocenters. The summed E-state index contributed by atoms with van der Waals surface area (Å²) in [6.07, 6.45) is -0.679. The summed E-state index contributed by atoms with van der Waals surface area (Å²) in [6, 6.07) is 1.63. The molecule has 0 aliphatic carbocycles. The third-order valence-corrected chi connectivity index (χ3v) is 4.50. The van der Waals surface area contributed by atoms with Crippen LogP contribution in [0.4, 0.5) is 28.8 Å². The molecule has 1 aromatic heterocycles. The summed E-state index contributed by atoms with van der Waals surface area (Å²) >= 11 is 1.98. The fraction of sp³-hybridized carbons (Fsp3) is 0.231. The van der Waals surface area contributed by atoms with Gasteiger partial charge in [-0.15, -0.1) is 10.2 Å². The minimum absolute atomic E-state index is 0.174. The molecule has 1 aromatic carbocycles. The van der Waals surface area contributed by atoms with Crippen molar-refractivity contribution in [2.45, 2.75) is 11.3 Å². The molecule has 0 aliphatic heterocycles. The van der Waals surface area contributed by atoms with Crippen LogP contribution in [-0.2, 0) is 9.53 Å². The molecule has 134 valence electrons. The highest BCUT2D eigenvalue weighted by Gasteiger charge is 2.16. The van der Waals surface area contributed by atoms with Crippen LogP contribution >= 0.6 is 23.1 Å². The zero-order chi connectivity index (χ0) is 18.4. The lowest BCUT2D eigenvalue weighted by Crippen LogP contribution is -2.15. The van der Waals surface area contributed by atoms with Crippen molar-refractivity contribution >= 4 is 45.9 Å². The van der Waals surface area contributed by atoms with Gasteiger partial charge in [0.25, 0.3) is 0 Å². The van der Waals surface area contributed by atoms with Crippen molar-refractivity contribution < 1.29 is 27.5 Å². The standard InChI is InChI=1S/C13H11F3N4O3S2/c1-2-23-12(22)18-11-19-20-13(25-11)24-5-8(21)17-7-4-3-6(14)9(15)10(7)16/h3-4H,2,5H2,1H3,(H,17,21)(H,18,19,22). The Morgan fingerprint density at radius 3 is 2.68 bits per heavy atom. The Labute approximate surface area is 148 Å². The third kappa shape index (κ3) is 5.32. The lowest BCUT2D eigenvalue weighted by atomic mass is 10.3. The fourth-order valence-corrected chi connectivity index (χ4v) is 3.05. The van der Waals surface area contributed by atoms with E-state index in [1.54, 1.807) is 6.92 Å². The van der Waals surface area contributed by atoms with E-state index in [0.717, 1.165) is 29.2 Å². The second-order valence-electron chi connectivity index (χ2n) is 4.28. The zero-order valence-electron chi connectivity index (χ0n) is 12.6. The van der Waals surface area contributed by atoms with Gasteiger partial charge in [0.2, 0.25) is 11.0 Å². The predicted molar refractivity (Wildman–Crippen MR) is 86.2 cm³/mol. The number of rotatable bonds is 6. The van der Waals surface area contributed by atoms with Gasteiger partial charge in [0.1, 0.15) is 0 Å². The van der Waals surface area contributed by atoms with Crippen LogP contribution in [0, 0.1) is 17.5 Å². The van der Waals surface area contributed by atoms with Gasteiger partial charge in [-0.05, 0) is 19.1 Å². The van der Waals surface area contributed by atoms with Crippen LogP contribution in [0.25, 0.3) is 0 Å². The first-order valence-electron chi connectivity index (χ1n) is 6.74. The van der Waals surface area contributed by atoms with Crippen molar-refractivity contribution in [3.63, 3.8) is 0 Å². The number of thioether (sulfide) groups is 1. The first-order chi connectivity index (χ1) is 11.9. The summed E-state index contributed by atoms with van der Waals surface area (Å²) in [7, 11) is 0. The molecule has 0 aliphatic rings. The Bertz CT molecular complexity index is 788. The highest BCUT2D eigenvalue weighted by Crippen LogP contribution is 2.26. The van der Waals surface area contributed by atoms with Crippen LogP contribution in [0.2, 0.25) is 0 Å². The van der Waals surface area contributed by atoms with Crippen LogP contribution in [0.3, 0.4) is 0 Å². The van der Waals surface area contributed by atoms with Gasteiger partial charge in [0.05, 0.1) is 18.0 Å². The van der Waals surface area contributed by atoms with Crippen LogP contribution in [0.5, 0.6) is 0 Å². The van der Waals surface area contributed by atoms with Gasteiger partial charge < -0.3 is 10.1 Å². The number of nitrogens with zero attached hydrogens (tertiary/aromatic N) is 2. The molecule has 0 saturated carbocycles. The molecular weight excluding hydrogens is 381 g/mol. The monoisotopic (exact) mass is 392 g/mol. The van der Waals surface area contributed by atoms with Gasteiger partial charge in [-0.1, -0.05) is 23.1 Å². The van der Waals surface area contributed by atoms with Crippen molar-refractivity contribution in [1.29, 1.82) is 0 Å². The van der Waals surface area contributed by atoms with Gasteiger partial charge in [0.15, 0.2) is 21.8 Å². The van der Waals surface area contributed by atoms with Gasteiger partial charge in [0, 0.05) is 0 Å². The molecule has 0 unspecified atom stereocenters. The van der Waals surface area contributed by atoms with Gasteiger partial charge in [-0.25, -0.2) is 18.0 Å². The van der Waals surface area contributed by atoms with E-state index in [2.05, 4.69) is 25.6 Å². The topological polar surface area (TPSA) is 93.2 Å². The van der Waals surface area contributed by atoms with Crippen molar-refractivity contribution in [3.05, 3.63) is 29.6 Å². The van der Waals surface area contributed by atoms with E-state index < -0.39 is 35.1 Å². The molecular formula is C13H11F3N4O3S2.